The maximum atomic E-state index is 12.9. The monoisotopic (exact) mass is 497 g/mol. The first kappa shape index (κ1) is 28.0. The van der Waals surface area contributed by atoms with E-state index in [4.69, 9.17) is 11.5 Å². The number of benzene rings is 2. The van der Waals surface area contributed by atoms with Crippen LogP contribution in [0.2, 0.25) is 0 Å². The largest absolute Gasteiger partial charge is 0.480 e. The smallest absolute Gasteiger partial charge is 0.326 e. The molecular formula is C25H31N5O6. The molecule has 0 aliphatic heterocycles. The molecule has 11 heteroatoms. The van der Waals surface area contributed by atoms with Gasteiger partial charge < -0.3 is 32.5 Å². The van der Waals surface area contributed by atoms with Gasteiger partial charge in [0, 0.05) is 12.8 Å². The van der Waals surface area contributed by atoms with E-state index in [1.165, 1.54) is 0 Å². The first-order valence-corrected chi connectivity index (χ1v) is 11.4. The van der Waals surface area contributed by atoms with Crippen molar-refractivity contribution in [2.45, 2.75) is 43.8 Å². The maximum absolute atomic E-state index is 12.9. The molecule has 2 aromatic rings. The predicted molar refractivity (Wildman–Crippen MR) is 131 cm³/mol. The van der Waals surface area contributed by atoms with Crippen LogP contribution in [-0.2, 0) is 36.8 Å². The lowest BCUT2D eigenvalue weighted by Crippen LogP contribution is -2.54. The zero-order chi connectivity index (χ0) is 26.5. The molecule has 3 atom stereocenters. The molecule has 0 saturated heterocycles. The summed E-state index contributed by atoms with van der Waals surface area (Å²) in [7, 11) is 0. The normalized spacial score (nSPS) is 13.0. The van der Waals surface area contributed by atoms with Gasteiger partial charge in [-0.3, -0.25) is 19.2 Å². The Labute approximate surface area is 208 Å². The van der Waals surface area contributed by atoms with Crippen molar-refractivity contribution in [3.05, 3.63) is 71.8 Å². The van der Waals surface area contributed by atoms with Crippen LogP contribution < -0.4 is 27.4 Å². The molecule has 0 bridgehead atoms. The van der Waals surface area contributed by atoms with E-state index in [2.05, 4.69) is 16.0 Å². The minimum absolute atomic E-state index is 0.0715. The molecule has 2 rings (SSSR count). The number of carbonyl (C=O) groups excluding carboxylic acids is 4. The molecule has 0 fully saturated rings. The Morgan fingerprint density at radius 2 is 1.33 bits per heavy atom. The van der Waals surface area contributed by atoms with Gasteiger partial charge in [0.2, 0.25) is 23.6 Å². The summed E-state index contributed by atoms with van der Waals surface area (Å²) in [6.07, 6.45) is -0.0722. The van der Waals surface area contributed by atoms with Crippen LogP contribution in [0.15, 0.2) is 60.7 Å². The number of amides is 4. The fourth-order valence-electron chi connectivity index (χ4n) is 3.38. The van der Waals surface area contributed by atoms with Crippen LogP contribution in [-0.4, -0.2) is 59.4 Å². The van der Waals surface area contributed by atoms with E-state index in [1.54, 1.807) is 30.3 Å². The highest BCUT2D eigenvalue weighted by Gasteiger charge is 2.27. The third kappa shape index (κ3) is 9.94. The summed E-state index contributed by atoms with van der Waals surface area (Å²) in [6, 6.07) is 14.6. The fraction of sp³-hybridized carbons (Fsp3) is 0.320. The van der Waals surface area contributed by atoms with E-state index in [0.29, 0.717) is 0 Å². The van der Waals surface area contributed by atoms with Gasteiger partial charge in [0.25, 0.3) is 0 Å². The standard InChI is InChI=1S/C25H31N5O6/c26-18(13-16-7-3-1-4-8-16)23(33)28-15-22(32)29-20(14-17-9-5-2-6-10-17)24(34)30-19(25(35)36)11-12-21(27)31/h1-10,18-20H,11-15,26H2,(H2,27,31)(H,28,33)(H,29,32)(H,30,34)(H,35,36). The van der Waals surface area contributed by atoms with Gasteiger partial charge in [-0.05, 0) is 24.0 Å². The molecule has 0 saturated carbocycles. The molecule has 4 amide bonds. The molecule has 0 radical (unpaired) electrons. The predicted octanol–water partition coefficient (Wildman–Crippen LogP) is -0.765. The first-order valence-electron chi connectivity index (χ1n) is 11.4. The van der Waals surface area contributed by atoms with E-state index in [-0.39, 0.29) is 25.7 Å². The zero-order valence-electron chi connectivity index (χ0n) is 19.7. The summed E-state index contributed by atoms with van der Waals surface area (Å²) >= 11 is 0. The van der Waals surface area contributed by atoms with Gasteiger partial charge in [0.15, 0.2) is 0 Å². The molecule has 0 aliphatic rings. The van der Waals surface area contributed by atoms with Gasteiger partial charge in [0.1, 0.15) is 12.1 Å². The van der Waals surface area contributed by atoms with Crippen molar-refractivity contribution in [2.75, 3.05) is 6.54 Å². The zero-order valence-corrected chi connectivity index (χ0v) is 19.7. The molecule has 11 nitrogen and oxygen atoms in total. The van der Waals surface area contributed by atoms with Gasteiger partial charge in [-0.2, -0.15) is 0 Å². The van der Waals surface area contributed by atoms with Crippen LogP contribution in [0.25, 0.3) is 0 Å². The average Bonchev–Trinajstić information content (AvgIpc) is 2.85. The first-order chi connectivity index (χ1) is 17.2. The number of hydrogen-bond acceptors (Lipinski definition) is 6. The number of carbonyl (C=O) groups is 5. The second-order valence-electron chi connectivity index (χ2n) is 8.23. The molecule has 192 valence electrons. The number of rotatable bonds is 14. The summed E-state index contributed by atoms with van der Waals surface area (Å²) in [5.74, 6) is -3.98. The highest BCUT2D eigenvalue weighted by atomic mass is 16.4. The van der Waals surface area contributed by atoms with Crippen LogP contribution in [0, 0.1) is 0 Å². The fourth-order valence-corrected chi connectivity index (χ4v) is 3.38. The van der Waals surface area contributed by atoms with Gasteiger partial charge >= 0.3 is 5.97 Å². The number of carboxylic acids is 1. The summed E-state index contributed by atoms with van der Waals surface area (Å²) in [5, 5.41) is 16.7. The van der Waals surface area contributed by atoms with Crippen molar-refractivity contribution < 1.29 is 29.1 Å². The Morgan fingerprint density at radius 3 is 1.86 bits per heavy atom. The van der Waals surface area contributed by atoms with Gasteiger partial charge in [-0.15, -0.1) is 0 Å². The number of aliphatic carboxylic acids is 1. The topological polar surface area (TPSA) is 194 Å². The highest BCUT2D eigenvalue weighted by molar-refractivity contribution is 5.92. The Morgan fingerprint density at radius 1 is 0.778 bits per heavy atom. The quantitative estimate of drug-likeness (QED) is 0.197. The Kier molecular flexibility index (Phi) is 11.1. The maximum Gasteiger partial charge on any atom is 0.326 e. The lowest BCUT2D eigenvalue weighted by molar-refractivity contribution is -0.142. The van der Waals surface area contributed by atoms with Crippen LogP contribution >= 0.6 is 0 Å². The molecule has 3 unspecified atom stereocenters. The van der Waals surface area contributed by atoms with Gasteiger partial charge in [0.05, 0.1) is 12.6 Å². The van der Waals surface area contributed by atoms with Crippen LogP contribution in [0.4, 0.5) is 0 Å². The molecule has 36 heavy (non-hydrogen) atoms. The van der Waals surface area contributed by atoms with Crippen molar-refractivity contribution in [3.8, 4) is 0 Å². The molecule has 0 heterocycles. The summed E-state index contributed by atoms with van der Waals surface area (Å²) in [5.41, 5.74) is 12.6. The van der Waals surface area contributed by atoms with E-state index in [1.807, 2.05) is 30.3 Å². The minimum Gasteiger partial charge on any atom is -0.480 e. The van der Waals surface area contributed by atoms with E-state index in [9.17, 15) is 29.1 Å². The van der Waals surface area contributed by atoms with Crippen molar-refractivity contribution >= 4 is 29.6 Å². The second-order valence-corrected chi connectivity index (χ2v) is 8.23. The highest BCUT2D eigenvalue weighted by Crippen LogP contribution is 2.06. The van der Waals surface area contributed by atoms with Crippen molar-refractivity contribution in [3.63, 3.8) is 0 Å². The number of carboxylic acid groups (broad SMARTS) is 1. The number of primary amides is 1. The Bertz CT molecular complexity index is 1050. The summed E-state index contributed by atoms with van der Waals surface area (Å²) in [4.78, 5) is 60.3. The Hall–Kier alpha value is -4.25. The SMILES string of the molecule is NC(=O)CCC(NC(=O)C(Cc1ccccc1)NC(=O)CNC(=O)C(N)Cc1ccccc1)C(=O)O. The molecule has 0 aliphatic carbocycles. The molecule has 0 spiro atoms. The van der Waals surface area contributed by atoms with Crippen LogP contribution in [0.5, 0.6) is 0 Å². The minimum atomic E-state index is -1.36. The van der Waals surface area contributed by atoms with Crippen molar-refractivity contribution in [2.24, 2.45) is 11.5 Å². The molecule has 0 aromatic heterocycles. The van der Waals surface area contributed by atoms with Crippen LogP contribution in [0.1, 0.15) is 24.0 Å². The summed E-state index contributed by atoms with van der Waals surface area (Å²) in [6.45, 7) is -0.427. The molecular weight excluding hydrogens is 466 g/mol. The third-order valence-corrected chi connectivity index (χ3v) is 5.29. The number of hydrogen-bond donors (Lipinski definition) is 6. The Balaban J connectivity index is 1.99. The molecule has 2 aromatic carbocycles. The van der Waals surface area contributed by atoms with Gasteiger partial charge in [-0.25, -0.2) is 4.79 Å². The average molecular weight is 498 g/mol. The third-order valence-electron chi connectivity index (χ3n) is 5.29. The van der Waals surface area contributed by atoms with E-state index >= 15 is 0 Å². The van der Waals surface area contributed by atoms with Crippen LogP contribution in [0.3, 0.4) is 0 Å². The van der Waals surface area contributed by atoms with Crippen molar-refractivity contribution in [1.29, 1.82) is 0 Å². The lowest BCUT2D eigenvalue weighted by atomic mass is 10.0. The summed E-state index contributed by atoms with van der Waals surface area (Å²) < 4.78 is 0. The van der Waals surface area contributed by atoms with Crippen molar-refractivity contribution in [1.82, 2.24) is 16.0 Å². The second kappa shape index (κ2) is 14.2. The van der Waals surface area contributed by atoms with E-state index in [0.717, 1.165) is 11.1 Å². The van der Waals surface area contributed by atoms with Gasteiger partial charge in [-0.1, -0.05) is 60.7 Å². The number of nitrogens with one attached hydrogen (secondary N) is 3. The number of nitrogens with two attached hydrogens (primary N) is 2. The molecule has 8 N–H and O–H groups in total. The lowest BCUT2D eigenvalue weighted by Gasteiger charge is -2.22. The van der Waals surface area contributed by atoms with E-state index < -0.39 is 54.3 Å².